The first-order chi connectivity index (χ1) is 11.4. The van der Waals surface area contributed by atoms with Crippen LogP contribution in [0.25, 0.3) is 10.8 Å². The number of ether oxygens (including phenoxy) is 2. The number of carbonyl (C=O) groups is 1. The summed E-state index contributed by atoms with van der Waals surface area (Å²) in [6.07, 6.45) is -3.01. The van der Waals surface area contributed by atoms with E-state index in [0.29, 0.717) is 5.56 Å². The molecule has 2 aromatic rings. The van der Waals surface area contributed by atoms with Crippen LogP contribution in [0.15, 0.2) is 36.4 Å². The third-order valence-electron chi connectivity index (χ3n) is 4.20. The Hall–Kier alpha value is -2.15. The molecule has 0 aliphatic carbocycles. The number of hydrogen-bond acceptors (Lipinski definition) is 6. The summed E-state index contributed by atoms with van der Waals surface area (Å²) in [5, 5.41) is 31.6. The van der Waals surface area contributed by atoms with Gasteiger partial charge in [-0.15, -0.1) is 0 Å². The lowest BCUT2D eigenvalue weighted by Crippen LogP contribution is -2.45. The van der Waals surface area contributed by atoms with E-state index >= 15 is 0 Å². The van der Waals surface area contributed by atoms with E-state index in [1.807, 2.05) is 12.1 Å². The van der Waals surface area contributed by atoms with Crippen molar-refractivity contribution in [3.05, 3.63) is 42.0 Å². The lowest BCUT2D eigenvalue weighted by Gasteiger charge is -2.37. The predicted molar refractivity (Wildman–Crippen MR) is 86.5 cm³/mol. The van der Waals surface area contributed by atoms with Crippen molar-refractivity contribution < 1.29 is 29.6 Å². The van der Waals surface area contributed by atoms with Crippen LogP contribution in [0.3, 0.4) is 0 Å². The zero-order valence-corrected chi connectivity index (χ0v) is 13.3. The van der Waals surface area contributed by atoms with E-state index in [1.165, 1.54) is 6.92 Å². The Morgan fingerprint density at radius 1 is 1.21 bits per heavy atom. The molecular formula is C18H20O6. The number of esters is 1. The number of aliphatic hydroxyl groups excluding tert-OH is 2. The first-order valence-electron chi connectivity index (χ1n) is 7.81. The second-order valence-corrected chi connectivity index (χ2v) is 6.07. The normalized spacial score (nSPS) is 27.1. The number of fused-ring (bicyclic) bond motifs is 1. The van der Waals surface area contributed by atoms with Gasteiger partial charge in [0.05, 0.1) is 12.2 Å². The van der Waals surface area contributed by atoms with Crippen molar-refractivity contribution in [2.75, 3.05) is 6.61 Å². The van der Waals surface area contributed by atoms with E-state index in [2.05, 4.69) is 0 Å². The van der Waals surface area contributed by atoms with Crippen LogP contribution >= 0.6 is 0 Å². The Balaban J connectivity index is 1.85. The summed E-state index contributed by atoms with van der Waals surface area (Å²) in [6.45, 7) is 1.35. The van der Waals surface area contributed by atoms with Crippen LogP contribution in [-0.4, -0.2) is 46.2 Å². The summed E-state index contributed by atoms with van der Waals surface area (Å²) in [6, 6.07) is 10.5. The highest BCUT2D eigenvalue weighted by atomic mass is 16.6. The van der Waals surface area contributed by atoms with E-state index in [1.54, 1.807) is 24.3 Å². The molecule has 3 N–H and O–H groups in total. The summed E-state index contributed by atoms with van der Waals surface area (Å²) in [5.74, 6) is -0.234. The number of aliphatic hydroxyl groups is 2. The second-order valence-electron chi connectivity index (χ2n) is 6.07. The van der Waals surface area contributed by atoms with Crippen LogP contribution in [0.2, 0.25) is 0 Å². The number of rotatable bonds is 3. The van der Waals surface area contributed by atoms with Crippen molar-refractivity contribution in [3.63, 3.8) is 0 Å². The highest BCUT2D eigenvalue weighted by Gasteiger charge is 2.38. The van der Waals surface area contributed by atoms with Gasteiger partial charge in [0.25, 0.3) is 0 Å². The number of phenols is 1. The van der Waals surface area contributed by atoms with Gasteiger partial charge in [0.15, 0.2) is 0 Å². The molecule has 6 nitrogen and oxygen atoms in total. The predicted octanol–water partition coefficient (Wildman–Crippen LogP) is 1.66. The van der Waals surface area contributed by atoms with Crippen LogP contribution in [0, 0.1) is 0 Å². The van der Waals surface area contributed by atoms with E-state index < -0.39 is 30.4 Å². The Labute approximate surface area is 139 Å². The second kappa shape index (κ2) is 6.76. The van der Waals surface area contributed by atoms with Crippen molar-refractivity contribution in [3.8, 4) is 5.75 Å². The Morgan fingerprint density at radius 3 is 2.67 bits per heavy atom. The minimum absolute atomic E-state index is 0.0388. The van der Waals surface area contributed by atoms with Crippen molar-refractivity contribution in [2.45, 2.75) is 37.8 Å². The summed E-state index contributed by atoms with van der Waals surface area (Å²) >= 11 is 0. The van der Waals surface area contributed by atoms with Crippen molar-refractivity contribution in [2.24, 2.45) is 0 Å². The minimum atomic E-state index is -1.06. The maximum atomic E-state index is 10.9. The van der Waals surface area contributed by atoms with Gasteiger partial charge < -0.3 is 24.8 Å². The summed E-state index contributed by atoms with van der Waals surface area (Å²) in [7, 11) is 0. The summed E-state index contributed by atoms with van der Waals surface area (Å²) < 4.78 is 10.8. The van der Waals surface area contributed by atoms with Crippen LogP contribution in [0.5, 0.6) is 5.75 Å². The number of phenolic OH excluding ortho intramolecular Hbond substituents is 1. The van der Waals surface area contributed by atoms with Gasteiger partial charge in [-0.3, -0.25) is 4.79 Å². The molecule has 1 heterocycles. The average Bonchev–Trinajstić information content (AvgIpc) is 2.55. The topological polar surface area (TPSA) is 96.2 Å². The van der Waals surface area contributed by atoms with Crippen molar-refractivity contribution >= 4 is 16.7 Å². The van der Waals surface area contributed by atoms with Gasteiger partial charge in [0, 0.05) is 13.3 Å². The average molecular weight is 332 g/mol. The molecular weight excluding hydrogens is 312 g/mol. The molecule has 128 valence electrons. The van der Waals surface area contributed by atoms with E-state index in [-0.39, 0.29) is 18.8 Å². The van der Waals surface area contributed by atoms with Crippen LogP contribution in [0.1, 0.15) is 25.0 Å². The molecule has 0 amide bonds. The lowest BCUT2D eigenvalue weighted by atomic mass is 9.92. The van der Waals surface area contributed by atoms with Crippen LogP contribution in [-0.2, 0) is 14.3 Å². The first-order valence-corrected chi connectivity index (χ1v) is 7.81. The van der Waals surface area contributed by atoms with Gasteiger partial charge in [0.2, 0.25) is 0 Å². The van der Waals surface area contributed by atoms with Gasteiger partial charge in [-0.05, 0) is 34.5 Å². The standard InChI is InChI=1S/C18H20O6/c1-10(19)23-9-15-8-16(21)17(22)18(24-15)13-3-2-12-7-14(20)5-4-11(12)6-13/h2-7,15-18,20-22H,8-9H2,1H3. The zero-order valence-electron chi connectivity index (χ0n) is 13.3. The lowest BCUT2D eigenvalue weighted by molar-refractivity contribution is -0.187. The maximum absolute atomic E-state index is 10.9. The van der Waals surface area contributed by atoms with Gasteiger partial charge in [-0.25, -0.2) is 0 Å². The van der Waals surface area contributed by atoms with E-state index in [9.17, 15) is 20.1 Å². The Morgan fingerprint density at radius 2 is 1.92 bits per heavy atom. The molecule has 1 aliphatic heterocycles. The highest BCUT2D eigenvalue weighted by molar-refractivity contribution is 5.84. The van der Waals surface area contributed by atoms with Gasteiger partial charge in [-0.1, -0.05) is 18.2 Å². The van der Waals surface area contributed by atoms with E-state index in [4.69, 9.17) is 9.47 Å². The summed E-state index contributed by atoms with van der Waals surface area (Å²) in [4.78, 5) is 10.9. The monoisotopic (exact) mass is 332 g/mol. The minimum Gasteiger partial charge on any atom is -0.508 e. The quantitative estimate of drug-likeness (QED) is 0.740. The molecule has 0 radical (unpaired) electrons. The fourth-order valence-electron chi connectivity index (χ4n) is 2.98. The molecule has 24 heavy (non-hydrogen) atoms. The van der Waals surface area contributed by atoms with Crippen molar-refractivity contribution in [1.29, 1.82) is 0 Å². The Bertz CT molecular complexity index is 743. The molecule has 1 aliphatic rings. The number of hydrogen-bond donors (Lipinski definition) is 3. The first kappa shape index (κ1) is 16.7. The van der Waals surface area contributed by atoms with Crippen LogP contribution in [0.4, 0.5) is 0 Å². The fraction of sp³-hybridized carbons (Fsp3) is 0.389. The molecule has 0 saturated carbocycles. The number of benzene rings is 2. The SMILES string of the molecule is CC(=O)OCC1CC(O)C(O)C(c2ccc3cc(O)ccc3c2)O1. The molecule has 1 fully saturated rings. The van der Waals surface area contributed by atoms with Gasteiger partial charge in [-0.2, -0.15) is 0 Å². The molecule has 0 bridgehead atoms. The molecule has 4 unspecified atom stereocenters. The molecule has 4 atom stereocenters. The molecule has 0 spiro atoms. The van der Waals surface area contributed by atoms with Crippen molar-refractivity contribution in [1.82, 2.24) is 0 Å². The number of aromatic hydroxyl groups is 1. The molecule has 0 aromatic heterocycles. The van der Waals surface area contributed by atoms with E-state index in [0.717, 1.165) is 10.8 Å². The molecule has 3 rings (SSSR count). The van der Waals surface area contributed by atoms with Gasteiger partial charge in [0.1, 0.15) is 24.6 Å². The van der Waals surface area contributed by atoms with Gasteiger partial charge >= 0.3 is 5.97 Å². The number of carbonyl (C=O) groups excluding carboxylic acids is 1. The molecule has 6 heteroatoms. The summed E-state index contributed by atoms with van der Waals surface area (Å²) in [5.41, 5.74) is 0.715. The highest BCUT2D eigenvalue weighted by Crippen LogP contribution is 2.34. The van der Waals surface area contributed by atoms with Crippen LogP contribution < -0.4 is 0 Å². The Kier molecular flexibility index (Phi) is 4.71. The maximum Gasteiger partial charge on any atom is 0.302 e. The molecule has 2 aromatic carbocycles. The smallest absolute Gasteiger partial charge is 0.302 e. The third kappa shape index (κ3) is 3.51. The fourth-order valence-corrected chi connectivity index (χ4v) is 2.98. The third-order valence-corrected chi connectivity index (χ3v) is 4.20. The largest absolute Gasteiger partial charge is 0.508 e. The molecule has 1 saturated heterocycles. The zero-order chi connectivity index (χ0) is 17.3.